The number of carbonyl (C=O) groups is 1. The molecule has 3 aromatic rings. The van der Waals surface area contributed by atoms with Crippen molar-refractivity contribution in [2.75, 3.05) is 33.3 Å². The number of likely N-dealkylation sites (tertiary alicyclic amines) is 1. The summed E-state index contributed by atoms with van der Waals surface area (Å²) in [6, 6.07) is 12.4. The Kier molecular flexibility index (Phi) is 6.25. The van der Waals surface area contributed by atoms with Crippen molar-refractivity contribution in [3.63, 3.8) is 0 Å². The van der Waals surface area contributed by atoms with Crippen LogP contribution >= 0.6 is 11.6 Å². The van der Waals surface area contributed by atoms with Gasteiger partial charge in [0.05, 0.1) is 11.7 Å². The van der Waals surface area contributed by atoms with Crippen molar-refractivity contribution < 1.29 is 13.9 Å². The van der Waals surface area contributed by atoms with Gasteiger partial charge in [-0.2, -0.15) is 0 Å². The minimum absolute atomic E-state index is 0.266. The first-order valence-electron chi connectivity index (χ1n) is 10.1. The Labute approximate surface area is 180 Å². The number of piperidine rings is 1. The van der Waals surface area contributed by atoms with Crippen LogP contribution in [0.2, 0.25) is 5.02 Å². The highest BCUT2D eigenvalue weighted by atomic mass is 35.5. The normalized spacial score (nSPS) is 15.4. The summed E-state index contributed by atoms with van der Waals surface area (Å²) < 4.78 is 21.5. The number of fused-ring (bicyclic) bond motifs is 1. The van der Waals surface area contributed by atoms with Crippen molar-refractivity contribution in [3.05, 3.63) is 59.5 Å². The molecule has 4 rings (SSSR count). The van der Waals surface area contributed by atoms with E-state index >= 15 is 0 Å². The van der Waals surface area contributed by atoms with E-state index in [0.717, 1.165) is 61.2 Å². The van der Waals surface area contributed by atoms with Crippen molar-refractivity contribution in [2.24, 2.45) is 0 Å². The number of benzene rings is 2. The topological polar surface area (TPSA) is 37.7 Å². The lowest BCUT2D eigenvalue weighted by Gasteiger charge is -2.35. The summed E-state index contributed by atoms with van der Waals surface area (Å²) >= 11 is 6.22. The SMILES string of the molecule is CN(C=O)C1CCN(CCOc2cn(-c3ccc(F)cc3)c3ccc(Cl)cc23)CC1. The fourth-order valence-corrected chi connectivity index (χ4v) is 4.20. The van der Waals surface area contributed by atoms with Crippen LogP contribution < -0.4 is 4.74 Å². The van der Waals surface area contributed by atoms with Gasteiger partial charge in [0, 0.05) is 48.8 Å². The number of halogens is 2. The zero-order chi connectivity index (χ0) is 21.1. The third kappa shape index (κ3) is 4.45. The van der Waals surface area contributed by atoms with Crippen LogP contribution in [0.3, 0.4) is 0 Å². The van der Waals surface area contributed by atoms with E-state index in [1.54, 1.807) is 17.0 Å². The number of nitrogens with zero attached hydrogens (tertiary/aromatic N) is 3. The van der Waals surface area contributed by atoms with Gasteiger partial charge in [-0.15, -0.1) is 0 Å². The molecule has 0 atom stereocenters. The van der Waals surface area contributed by atoms with Gasteiger partial charge in [-0.05, 0) is 55.3 Å². The van der Waals surface area contributed by atoms with Gasteiger partial charge < -0.3 is 14.2 Å². The van der Waals surface area contributed by atoms with Crippen LogP contribution in [0.4, 0.5) is 4.39 Å². The minimum Gasteiger partial charge on any atom is -0.490 e. The van der Waals surface area contributed by atoms with E-state index in [0.29, 0.717) is 17.7 Å². The quantitative estimate of drug-likeness (QED) is 0.524. The monoisotopic (exact) mass is 429 g/mol. The molecule has 158 valence electrons. The summed E-state index contributed by atoms with van der Waals surface area (Å²) in [6.07, 6.45) is 4.80. The third-order valence-corrected chi connectivity index (χ3v) is 6.03. The molecule has 2 aromatic carbocycles. The van der Waals surface area contributed by atoms with Crippen LogP contribution in [0.15, 0.2) is 48.7 Å². The van der Waals surface area contributed by atoms with Crippen LogP contribution in [0.5, 0.6) is 5.75 Å². The Hall–Kier alpha value is -2.57. The summed E-state index contributed by atoms with van der Waals surface area (Å²) in [4.78, 5) is 15.1. The Morgan fingerprint density at radius 1 is 1.20 bits per heavy atom. The Morgan fingerprint density at radius 3 is 2.63 bits per heavy atom. The van der Waals surface area contributed by atoms with Gasteiger partial charge in [-0.3, -0.25) is 9.69 Å². The third-order valence-electron chi connectivity index (χ3n) is 5.80. The maximum Gasteiger partial charge on any atom is 0.209 e. The van der Waals surface area contributed by atoms with E-state index in [1.165, 1.54) is 12.1 Å². The lowest BCUT2D eigenvalue weighted by atomic mass is 10.0. The smallest absolute Gasteiger partial charge is 0.209 e. The fraction of sp³-hybridized carbons (Fsp3) is 0.348. The number of aromatic nitrogens is 1. The molecule has 0 unspecified atom stereocenters. The highest BCUT2D eigenvalue weighted by Gasteiger charge is 2.21. The standard InChI is InChI=1S/C23H25ClFN3O2/c1-26(16-29)19-8-10-27(11-9-19)12-13-30-23-15-28(20-5-3-18(25)4-6-20)22-7-2-17(24)14-21(22)23/h2-7,14-16,19H,8-13H2,1H3. The zero-order valence-corrected chi connectivity index (χ0v) is 17.7. The summed E-state index contributed by atoms with van der Waals surface area (Å²) in [5.41, 5.74) is 1.82. The average Bonchev–Trinajstić information content (AvgIpc) is 3.12. The van der Waals surface area contributed by atoms with Crippen LogP contribution in [-0.2, 0) is 4.79 Å². The predicted molar refractivity (Wildman–Crippen MR) is 117 cm³/mol. The molecule has 0 N–H and O–H groups in total. The van der Waals surface area contributed by atoms with Gasteiger partial charge in [0.25, 0.3) is 0 Å². The largest absolute Gasteiger partial charge is 0.490 e. The molecule has 1 aliphatic heterocycles. The number of amides is 1. The summed E-state index contributed by atoms with van der Waals surface area (Å²) in [5, 5.41) is 1.57. The van der Waals surface area contributed by atoms with E-state index in [2.05, 4.69) is 4.90 Å². The van der Waals surface area contributed by atoms with E-state index in [9.17, 15) is 9.18 Å². The van der Waals surface area contributed by atoms with Crippen molar-refractivity contribution in [3.8, 4) is 11.4 Å². The molecule has 0 radical (unpaired) electrons. The molecular weight excluding hydrogens is 405 g/mol. The molecular formula is C23H25ClFN3O2. The molecule has 7 heteroatoms. The number of ether oxygens (including phenoxy) is 1. The average molecular weight is 430 g/mol. The van der Waals surface area contributed by atoms with Crippen LogP contribution in [-0.4, -0.2) is 60.1 Å². The van der Waals surface area contributed by atoms with Gasteiger partial charge in [0.1, 0.15) is 18.2 Å². The van der Waals surface area contributed by atoms with E-state index in [4.69, 9.17) is 16.3 Å². The van der Waals surface area contributed by atoms with Crippen LogP contribution in [0, 0.1) is 5.82 Å². The summed E-state index contributed by atoms with van der Waals surface area (Å²) in [7, 11) is 1.85. The molecule has 1 aromatic heterocycles. The second-order valence-electron chi connectivity index (χ2n) is 7.69. The molecule has 2 heterocycles. The molecule has 1 aliphatic rings. The van der Waals surface area contributed by atoms with Gasteiger partial charge in [0.2, 0.25) is 6.41 Å². The van der Waals surface area contributed by atoms with E-state index < -0.39 is 0 Å². The molecule has 30 heavy (non-hydrogen) atoms. The Morgan fingerprint density at radius 2 is 1.93 bits per heavy atom. The minimum atomic E-state index is -0.266. The number of carbonyl (C=O) groups excluding carboxylic acids is 1. The Balaban J connectivity index is 1.45. The second kappa shape index (κ2) is 9.06. The molecule has 0 bridgehead atoms. The number of hydrogen-bond acceptors (Lipinski definition) is 3. The fourth-order valence-electron chi connectivity index (χ4n) is 4.02. The highest BCUT2D eigenvalue weighted by Crippen LogP contribution is 2.33. The molecule has 1 amide bonds. The maximum atomic E-state index is 13.3. The molecule has 0 spiro atoms. The van der Waals surface area contributed by atoms with Crippen LogP contribution in [0.25, 0.3) is 16.6 Å². The van der Waals surface area contributed by atoms with Crippen molar-refractivity contribution in [1.82, 2.24) is 14.4 Å². The van der Waals surface area contributed by atoms with Crippen LogP contribution in [0.1, 0.15) is 12.8 Å². The summed E-state index contributed by atoms with van der Waals surface area (Å²) in [5.74, 6) is 0.491. The van der Waals surface area contributed by atoms with Crippen molar-refractivity contribution in [1.29, 1.82) is 0 Å². The van der Waals surface area contributed by atoms with Gasteiger partial charge in [-0.25, -0.2) is 4.39 Å². The second-order valence-corrected chi connectivity index (χ2v) is 8.13. The van der Waals surface area contributed by atoms with E-state index in [-0.39, 0.29) is 5.82 Å². The first-order valence-corrected chi connectivity index (χ1v) is 10.5. The van der Waals surface area contributed by atoms with Crippen molar-refractivity contribution in [2.45, 2.75) is 18.9 Å². The maximum absolute atomic E-state index is 13.3. The molecule has 1 fully saturated rings. The summed E-state index contributed by atoms with van der Waals surface area (Å²) in [6.45, 7) is 3.29. The molecule has 1 saturated heterocycles. The lowest BCUT2D eigenvalue weighted by Crippen LogP contribution is -2.44. The first kappa shape index (κ1) is 20.7. The highest BCUT2D eigenvalue weighted by molar-refractivity contribution is 6.31. The number of hydrogen-bond donors (Lipinski definition) is 0. The van der Waals surface area contributed by atoms with Gasteiger partial charge >= 0.3 is 0 Å². The van der Waals surface area contributed by atoms with E-state index in [1.807, 2.05) is 36.0 Å². The Bertz CT molecular complexity index is 1010. The zero-order valence-electron chi connectivity index (χ0n) is 16.9. The molecule has 5 nitrogen and oxygen atoms in total. The molecule has 0 saturated carbocycles. The van der Waals surface area contributed by atoms with Gasteiger partial charge in [-0.1, -0.05) is 11.6 Å². The predicted octanol–water partition coefficient (Wildman–Crippen LogP) is 4.35. The number of rotatable bonds is 7. The lowest BCUT2D eigenvalue weighted by molar-refractivity contribution is -0.119. The first-order chi connectivity index (χ1) is 14.5. The van der Waals surface area contributed by atoms with Gasteiger partial charge in [0.15, 0.2) is 0 Å². The van der Waals surface area contributed by atoms with Crippen molar-refractivity contribution >= 4 is 28.9 Å². The molecule has 0 aliphatic carbocycles.